The predicted molar refractivity (Wildman–Crippen MR) is 150 cm³/mol. The molecule has 2 saturated carbocycles. The largest absolute Gasteiger partial charge is 0.378 e. The van der Waals surface area contributed by atoms with E-state index in [0.29, 0.717) is 42.8 Å². The van der Waals surface area contributed by atoms with Crippen molar-refractivity contribution in [2.24, 2.45) is 11.8 Å². The van der Waals surface area contributed by atoms with E-state index in [-0.39, 0.29) is 11.5 Å². The normalized spacial score (nSPS) is 23.4. The highest BCUT2D eigenvalue weighted by molar-refractivity contribution is 5.36. The lowest BCUT2D eigenvalue weighted by molar-refractivity contribution is 0.0198. The average Bonchev–Trinajstić information content (AvgIpc) is 2.94. The fraction of sp³-hybridized carbons (Fsp3) is 0.559. The molecule has 2 aromatic carbocycles. The number of nitriles is 1. The van der Waals surface area contributed by atoms with Gasteiger partial charge >= 0.3 is 0 Å². The fourth-order valence-corrected chi connectivity index (χ4v) is 6.53. The second-order valence-electron chi connectivity index (χ2n) is 11.7. The number of benzene rings is 2. The van der Waals surface area contributed by atoms with Crippen molar-refractivity contribution < 1.29 is 22.3 Å². The molecule has 2 aliphatic carbocycles. The van der Waals surface area contributed by atoms with Crippen LogP contribution in [0.25, 0.3) is 0 Å². The summed E-state index contributed by atoms with van der Waals surface area (Å²) in [6, 6.07) is 7.13. The molecule has 2 aromatic rings. The fourth-order valence-electron chi connectivity index (χ4n) is 6.53. The van der Waals surface area contributed by atoms with E-state index in [4.69, 9.17) is 10.00 Å². The van der Waals surface area contributed by atoms with E-state index in [9.17, 15) is 17.6 Å². The minimum absolute atomic E-state index is 0.0338. The monoisotopic (exact) mass is 555 g/mol. The predicted octanol–water partition coefficient (Wildman–Crippen LogP) is 9.50. The van der Waals surface area contributed by atoms with Crippen LogP contribution >= 0.6 is 0 Å². The van der Waals surface area contributed by atoms with Crippen LogP contribution in [0.2, 0.25) is 0 Å². The second-order valence-corrected chi connectivity index (χ2v) is 11.7. The lowest BCUT2D eigenvalue weighted by atomic mass is 9.76. The first-order valence-electron chi connectivity index (χ1n) is 15.0. The molecule has 0 heterocycles. The Morgan fingerprint density at radius 1 is 0.800 bits per heavy atom. The maximum Gasteiger partial charge on any atom is 0.144 e. The maximum absolute atomic E-state index is 14.9. The van der Waals surface area contributed by atoms with Crippen LogP contribution in [0.3, 0.4) is 0 Å². The van der Waals surface area contributed by atoms with Gasteiger partial charge in [-0.15, -0.1) is 0 Å². The third-order valence-corrected chi connectivity index (χ3v) is 9.01. The van der Waals surface area contributed by atoms with Crippen LogP contribution in [0.1, 0.15) is 106 Å². The van der Waals surface area contributed by atoms with Crippen LogP contribution < -0.4 is 0 Å². The Morgan fingerprint density at radius 3 is 1.95 bits per heavy atom. The number of rotatable bonds is 11. The molecule has 0 amide bonds. The third-order valence-electron chi connectivity index (χ3n) is 9.01. The van der Waals surface area contributed by atoms with Crippen LogP contribution in [0.4, 0.5) is 17.6 Å². The number of hydrogen-bond acceptors (Lipinski definition) is 2. The van der Waals surface area contributed by atoms with Crippen molar-refractivity contribution in [3.05, 3.63) is 81.9 Å². The van der Waals surface area contributed by atoms with Gasteiger partial charge in [-0.3, -0.25) is 0 Å². The number of allylic oxidation sites excluding steroid dienone is 1. The molecule has 4 rings (SSSR count). The van der Waals surface area contributed by atoms with Crippen LogP contribution in [0.5, 0.6) is 0 Å². The summed E-state index contributed by atoms with van der Waals surface area (Å²) < 4.78 is 63.9. The Kier molecular flexibility index (Phi) is 11.2. The smallest absolute Gasteiger partial charge is 0.144 e. The highest BCUT2D eigenvalue weighted by Crippen LogP contribution is 2.39. The molecule has 2 fully saturated rings. The van der Waals surface area contributed by atoms with Crippen LogP contribution in [-0.4, -0.2) is 12.7 Å². The van der Waals surface area contributed by atoms with Crippen molar-refractivity contribution >= 4 is 0 Å². The molecule has 40 heavy (non-hydrogen) atoms. The Bertz CT molecular complexity index is 1140. The van der Waals surface area contributed by atoms with Crippen LogP contribution in [0, 0.1) is 46.4 Å². The molecule has 0 bridgehead atoms. The van der Waals surface area contributed by atoms with Gasteiger partial charge in [0.05, 0.1) is 12.7 Å². The van der Waals surface area contributed by atoms with Gasteiger partial charge in [-0.25, -0.2) is 17.6 Å². The quantitative estimate of drug-likeness (QED) is 0.157. The standard InChI is InChI=1S/C34H41F4NO/c1-2-3-4-17-40-28-14-9-23(10-15-28)5-6-25-18-31(35)29(32(36)19-25)16-11-24-7-12-26(13-8-24)27-20-33(37)30(22-39)34(38)21-27/h2-3,18-21,23-24,26,28H,4-17H2,1H3/b3-2+. The summed E-state index contributed by atoms with van der Waals surface area (Å²) in [6.07, 6.45) is 15.7. The molecule has 0 spiro atoms. The zero-order chi connectivity index (χ0) is 28.5. The highest BCUT2D eigenvalue weighted by atomic mass is 19.1. The van der Waals surface area contributed by atoms with Crippen molar-refractivity contribution in [1.29, 1.82) is 5.26 Å². The lowest BCUT2D eigenvalue weighted by Gasteiger charge is -2.29. The first kappa shape index (κ1) is 30.3. The molecule has 2 nitrogen and oxygen atoms in total. The zero-order valence-corrected chi connectivity index (χ0v) is 23.5. The number of halogens is 4. The molecule has 0 radical (unpaired) electrons. The van der Waals surface area contributed by atoms with Crippen molar-refractivity contribution in [2.45, 2.75) is 102 Å². The number of nitrogens with zero attached hydrogens (tertiary/aromatic N) is 1. The topological polar surface area (TPSA) is 33.0 Å². The summed E-state index contributed by atoms with van der Waals surface area (Å²) in [7, 11) is 0. The van der Waals surface area contributed by atoms with Crippen molar-refractivity contribution in [1.82, 2.24) is 0 Å². The molecule has 0 aromatic heterocycles. The Balaban J connectivity index is 1.20. The summed E-state index contributed by atoms with van der Waals surface area (Å²) in [5.74, 6) is -1.61. The van der Waals surface area contributed by atoms with E-state index in [1.165, 1.54) is 24.3 Å². The molecule has 216 valence electrons. The lowest BCUT2D eigenvalue weighted by Crippen LogP contribution is -2.22. The van der Waals surface area contributed by atoms with Gasteiger partial charge in [-0.1, -0.05) is 12.2 Å². The molecule has 0 atom stereocenters. The van der Waals surface area contributed by atoms with Gasteiger partial charge in [0.2, 0.25) is 0 Å². The van der Waals surface area contributed by atoms with Crippen LogP contribution in [0.15, 0.2) is 36.4 Å². The summed E-state index contributed by atoms with van der Waals surface area (Å²) in [6.45, 7) is 2.79. The van der Waals surface area contributed by atoms with Gasteiger partial charge in [0.25, 0.3) is 0 Å². The second kappa shape index (κ2) is 14.8. The minimum Gasteiger partial charge on any atom is -0.378 e. The SMILES string of the molecule is C/C=C/CCOC1CCC(CCc2cc(F)c(CCC3CCC(c4cc(F)c(C#N)c(F)c4)CC3)c(F)c2)CC1. The van der Waals surface area contributed by atoms with Crippen molar-refractivity contribution in [3.8, 4) is 6.07 Å². The first-order chi connectivity index (χ1) is 19.4. The Morgan fingerprint density at radius 2 is 1.38 bits per heavy atom. The first-order valence-corrected chi connectivity index (χ1v) is 15.0. The molecular weight excluding hydrogens is 514 g/mol. The summed E-state index contributed by atoms with van der Waals surface area (Å²) >= 11 is 0. The summed E-state index contributed by atoms with van der Waals surface area (Å²) in [5, 5.41) is 8.88. The van der Waals surface area contributed by atoms with E-state index < -0.39 is 28.8 Å². The molecule has 0 saturated heterocycles. The average molecular weight is 556 g/mol. The van der Waals surface area contributed by atoms with Gasteiger partial charge in [0.15, 0.2) is 0 Å². The van der Waals surface area contributed by atoms with Gasteiger partial charge in [-0.05, 0) is 144 Å². The summed E-state index contributed by atoms with van der Waals surface area (Å²) in [5.41, 5.74) is 0.932. The molecule has 6 heteroatoms. The number of hydrogen-bond donors (Lipinski definition) is 0. The van der Waals surface area contributed by atoms with E-state index >= 15 is 0 Å². The van der Waals surface area contributed by atoms with Gasteiger partial charge < -0.3 is 4.74 Å². The van der Waals surface area contributed by atoms with Crippen molar-refractivity contribution in [3.63, 3.8) is 0 Å². The van der Waals surface area contributed by atoms with E-state index in [2.05, 4.69) is 6.08 Å². The number of ether oxygens (including phenoxy) is 1. The molecule has 0 unspecified atom stereocenters. The summed E-state index contributed by atoms with van der Waals surface area (Å²) in [4.78, 5) is 0. The van der Waals surface area contributed by atoms with Crippen molar-refractivity contribution in [2.75, 3.05) is 6.61 Å². The zero-order valence-electron chi connectivity index (χ0n) is 23.5. The van der Waals surface area contributed by atoms with Gasteiger partial charge in [0, 0.05) is 5.56 Å². The van der Waals surface area contributed by atoms with E-state index in [1.54, 1.807) is 6.07 Å². The Labute approximate surface area is 236 Å². The Hall–Kier alpha value is -2.65. The molecular formula is C34H41F4NO. The maximum atomic E-state index is 14.9. The molecule has 0 aliphatic heterocycles. The third kappa shape index (κ3) is 8.19. The van der Waals surface area contributed by atoms with E-state index in [1.807, 2.05) is 13.0 Å². The van der Waals surface area contributed by atoms with Crippen LogP contribution in [-0.2, 0) is 17.6 Å². The minimum atomic E-state index is -0.817. The highest BCUT2D eigenvalue weighted by Gasteiger charge is 2.25. The number of aryl methyl sites for hydroxylation is 1. The van der Waals surface area contributed by atoms with Gasteiger partial charge in [-0.2, -0.15) is 5.26 Å². The van der Waals surface area contributed by atoms with Gasteiger partial charge in [0.1, 0.15) is 34.9 Å². The molecule has 2 aliphatic rings. The van der Waals surface area contributed by atoms with E-state index in [0.717, 1.165) is 76.4 Å². The molecule has 0 N–H and O–H groups in total.